The molecule has 0 amide bonds. The predicted molar refractivity (Wildman–Crippen MR) is 84.9 cm³/mol. The molecule has 0 unspecified atom stereocenters. The summed E-state index contributed by atoms with van der Waals surface area (Å²) in [6.45, 7) is 5.29. The number of aryl methyl sites for hydroxylation is 3. The average Bonchev–Trinajstić information content (AvgIpc) is 2.37. The van der Waals surface area contributed by atoms with Gasteiger partial charge in [0.25, 0.3) is 0 Å². The van der Waals surface area contributed by atoms with Gasteiger partial charge in [0.05, 0.1) is 10.0 Å². The zero-order valence-corrected chi connectivity index (χ0v) is 14.1. The summed E-state index contributed by atoms with van der Waals surface area (Å²) in [5.74, 6) is 0.306. The summed E-state index contributed by atoms with van der Waals surface area (Å²) in [5, 5.41) is 0.477. The van der Waals surface area contributed by atoms with E-state index in [0.717, 1.165) is 11.1 Å². The molecule has 0 bridgehead atoms. The van der Waals surface area contributed by atoms with Crippen molar-refractivity contribution >= 4 is 33.3 Å². The Labute approximate surface area is 134 Å². The fourth-order valence-electron chi connectivity index (χ4n) is 1.86. The summed E-state index contributed by atoms with van der Waals surface area (Å²) in [6.07, 6.45) is 0. The largest absolute Gasteiger partial charge is 0.379 e. The fourth-order valence-corrected chi connectivity index (χ4v) is 3.53. The average molecular weight is 345 g/mol. The van der Waals surface area contributed by atoms with Crippen molar-refractivity contribution in [2.24, 2.45) is 0 Å². The highest BCUT2D eigenvalue weighted by Crippen LogP contribution is 2.30. The lowest BCUT2D eigenvalue weighted by atomic mass is 10.1. The van der Waals surface area contributed by atoms with Crippen LogP contribution in [-0.4, -0.2) is 8.42 Å². The summed E-state index contributed by atoms with van der Waals surface area (Å²) in [6, 6.07) is 8.18. The third-order valence-electron chi connectivity index (χ3n) is 3.03. The van der Waals surface area contributed by atoms with Crippen molar-refractivity contribution in [3.8, 4) is 5.75 Å². The normalized spacial score (nSPS) is 11.5. The van der Waals surface area contributed by atoms with E-state index in [4.69, 9.17) is 27.4 Å². The van der Waals surface area contributed by atoms with Crippen molar-refractivity contribution in [3.05, 3.63) is 57.1 Å². The summed E-state index contributed by atoms with van der Waals surface area (Å²) >= 11 is 11.8. The maximum absolute atomic E-state index is 12.4. The Balaban J connectivity index is 2.48. The van der Waals surface area contributed by atoms with Crippen LogP contribution in [0.25, 0.3) is 0 Å². The van der Waals surface area contributed by atoms with E-state index in [-0.39, 0.29) is 9.92 Å². The second-order valence-electron chi connectivity index (χ2n) is 4.84. The molecule has 3 nitrogen and oxygen atoms in total. The molecule has 0 heterocycles. The molecule has 0 aliphatic heterocycles. The van der Waals surface area contributed by atoms with Gasteiger partial charge < -0.3 is 4.18 Å². The van der Waals surface area contributed by atoms with E-state index in [9.17, 15) is 8.42 Å². The first-order chi connectivity index (χ1) is 9.70. The van der Waals surface area contributed by atoms with Gasteiger partial charge in [-0.3, -0.25) is 0 Å². The molecule has 2 rings (SSSR count). The van der Waals surface area contributed by atoms with Gasteiger partial charge >= 0.3 is 10.1 Å². The molecule has 0 aromatic heterocycles. The molecule has 6 heteroatoms. The van der Waals surface area contributed by atoms with E-state index in [1.165, 1.54) is 12.1 Å². The van der Waals surface area contributed by atoms with Crippen LogP contribution >= 0.6 is 23.2 Å². The third-order valence-corrected chi connectivity index (χ3v) is 5.13. The Kier molecular flexibility index (Phi) is 4.51. The predicted octanol–water partition coefficient (Wildman–Crippen LogP) is 4.69. The summed E-state index contributed by atoms with van der Waals surface area (Å²) < 4.78 is 30.1. The van der Waals surface area contributed by atoms with Gasteiger partial charge in [-0.1, -0.05) is 35.3 Å². The van der Waals surface area contributed by atoms with E-state index in [0.29, 0.717) is 16.3 Å². The molecule has 21 heavy (non-hydrogen) atoms. The van der Waals surface area contributed by atoms with Gasteiger partial charge in [-0.2, -0.15) is 8.42 Å². The Bertz CT molecular complexity index is 799. The lowest BCUT2D eigenvalue weighted by Crippen LogP contribution is -2.12. The van der Waals surface area contributed by atoms with E-state index < -0.39 is 10.1 Å². The zero-order chi connectivity index (χ0) is 15.8. The Morgan fingerprint density at radius 1 is 0.905 bits per heavy atom. The Hall–Kier alpha value is -1.23. The fraction of sp³-hybridized carbons (Fsp3) is 0.200. The first-order valence-corrected chi connectivity index (χ1v) is 8.34. The van der Waals surface area contributed by atoms with Gasteiger partial charge in [0.1, 0.15) is 10.6 Å². The molecule has 2 aromatic carbocycles. The SMILES string of the molecule is Cc1ccc(C)c(OS(=O)(=O)c2cc(Cl)c(Cl)cc2C)c1. The molecule has 0 saturated heterocycles. The standard InChI is InChI=1S/C15H14Cl2O3S/c1-9-4-5-10(2)14(6-9)20-21(18,19)15-8-13(17)12(16)7-11(15)3/h4-8H,1-3H3. The minimum absolute atomic E-state index is 0.0119. The van der Waals surface area contributed by atoms with Crippen LogP contribution in [0.2, 0.25) is 10.0 Å². The first-order valence-electron chi connectivity index (χ1n) is 6.18. The van der Waals surface area contributed by atoms with Crippen molar-refractivity contribution in [2.75, 3.05) is 0 Å². The number of hydrogen-bond donors (Lipinski definition) is 0. The van der Waals surface area contributed by atoms with Crippen molar-refractivity contribution in [1.82, 2.24) is 0 Å². The molecular weight excluding hydrogens is 331 g/mol. The van der Waals surface area contributed by atoms with Crippen LogP contribution in [0, 0.1) is 20.8 Å². The van der Waals surface area contributed by atoms with Crippen LogP contribution in [0.1, 0.15) is 16.7 Å². The van der Waals surface area contributed by atoms with Gasteiger partial charge in [0, 0.05) is 0 Å². The molecule has 0 atom stereocenters. The Morgan fingerprint density at radius 3 is 2.19 bits per heavy atom. The van der Waals surface area contributed by atoms with Gasteiger partial charge in [-0.25, -0.2) is 0 Å². The minimum Gasteiger partial charge on any atom is -0.379 e. The van der Waals surface area contributed by atoms with E-state index in [2.05, 4.69) is 0 Å². The smallest absolute Gasteiger partial charge is 0.339 e. The van der Waals surface area contributed by atoms with Gasteiger partial charge in [-0.05, 0) is 55.7 Å². The van der Waals surface area contributed by atoms with Gasteiger partial charge in [0.2, 0.25) is 0 Å². The number of hydrogen-bond acceptors (Lipinski definition) is 3. The van der Waals surface area contributed by atoms with E-state index in [1.54, 1.807) is 19.9 Å². The molecule has 0 aliphatic carbocycles. The lowest BCUT2D eigenvalue weighted by Gasteiger charge is -2.12. The molecule has 112 valence electrons. The quantitative estimate of drug-likeness (QED) is 0.758. The molecule has 0 saturated carbocycles. The molecule has 0 N–H and O–H groups in total. The zero-order valence-electron chi connectivity index (χ0n) is 11.8. The lowest BCUT2D eigenvalue weighted by molar-refractivity contribution is 0.483. The van der Waals surface area contributed by atoms with Crippen molar-refractivity contribution in [1.29, 1.82) is 0 Å². The molecule has 2 aromatic rings. The maximum atomic E-state index is 12.4. The van der Waals surface area contributed by atoms with E-state index in [1.807, 2.05) is 19.1 Å². The maximum Gasteiger partial charge on any atom is 0.339 e. The van der Waals surface area contributed by atoms with Crippen LogP contribution in [0.3, 0.4) is 0 Å². The van der Waals surface area contributed by atoms with Crippen molar-refractivity contribution < 1.29 is 12.6 Å². The number of halogens is 2. The molecule has 0 aliphatic rings. The van der Waals surface area contributed by atoms with Crippen LogP contribution in [0.4, 0.5) is 0 Å². The highest BCUT2D eigenvalue weighted by Gasteiger charge is 2.22. The van der Waals surface area contributed by atoms with Crippen LogP contribution in [-0.2, 0) is 10.1 Å². The molecular formula is C15H14Cl2O3S. The minimum atomic E-state index is -3.97. The molecule has 0 spiro atoms. The highest BCUT2D eigenvalue weighted by atomic mass is 35.5. The molecule has 0 radical (unpaired) electrons. The monoisotopic (exact) mass is 344 g/mol. The highest BCUT2D eigenvalue weighted by molar-refractivity contribution is 7.87. The van der Waals surface area contributed by atoms with E-state index >= 15 is 0 Å². The second kappa shape index (κ2) is 5.87. The van der Waals surface area contributed by atoms with Gasteiger partial charge in [0.15, 0.2) is 0 Å². The third kappa shape index (κ3) is 3.51. The second-order valence-corrected chi connectivity index (χ2v) is 7.17. The van der Waals surface area contributed by atoms with Crippen LogP contribution in [0.5, 0.6) is 5.75 Å². The Morgan fingerprint density at radius 2 is 1.52 bits per heavy atom. The summed E-state index contributed by atoms with van der Waals surface area (Å²) in [5.41, 5.74) is 2.13. The van der Waals surface area contributed by atoms with Crippen LogP contribution in [0.15, 0.2) is 35.2 Å². The topological polar surface area (TPSA) is 43.4 Å². The summed E-state index contributed by atoms with van der Waals surface area (Å²) in [4.78, 5) is 0.0119. The molecule has 0 fully saturated rings. The van der Waals surface area contributed by atoms with Crippen molar-refractivity contribution in [2.45, 2.75) is 25.7 Å². The van der Waals surface area contributed by atoms with Gasteiger partial charge in [-0.15, -0.1) is 0 Å². The van der Waals surface area contributed by atoms with Crippen molar-refractivity contribution in [3.63, 3.8) is 0 Å². The number of benzene rings is 2. The number of rotatable bonds is 3. The van der Waals surface area contributed by atoms with Crippen LogP contribution < -0.4 is 4.18 Å². The first kappa shape index (κ1) is 16.1. The summed E-state index contributed by atoms with van der Waals surface area (Å²) in [7, 11) is -3.97.